The average molecular weight is 211 g/mol. The van der Waals surface area contributed by atoms with Crippen molar-refractivity contribution in [3.8, 4) is 0 Å². The van der Waals surface area contributed by atoms with E-state index in [1.807, 2.05) is 13.8 Å². The van der Waals surface area contributed by atoms with Gasteiger partial charge in [-0.15, -0.1) is 0 Å². The number of carbonyl (C=O) groups is 2. The summed E-state index contributed by atoms with van der Waals surface area (Å²) in [6.07, 6.45) is 2.42. The van der Waals surface area contributed by atoms with Gasteiger partial charge < -0.3 is 10.0 Å². The van der Waals surface area contributed by atoms with Crippen LogP contribution in [0, 0.1) is 11.3 Å². The number of hydrogen-bond donors (Lipinski definition) is 1. The second-order valence-electron chi connectivity index (χ2n) is 5.31. The van der Waals surface area contributed by atoms with Gasteiger partial charge >= 0.3 is 5.97 Å². The summed E-state index contributed by atoms with van der Waals surface area (Å²) >= 11 is 0. The minimum Gasteiger partial charge on any atom is -0.481 e. The molecular weight excluding hydrogens is 194 g/mol. The SMILES string of the molecule is CC1(C)C[C@@H]2CC[C@H](C(=O)O)CN2C1=O. The monoisotopic (exact) mass is 211 g/mol. The van der Waals surface area contributed by atoms with Crippen LogP contribution in [0.2, 0.25) is 0 Å². The van der Waals surface area contributed by atoms with Gasteiger partial charge in [0.05, 0.1) is 5.92 Å². The Morgan fingerprint density at radius 1 is 1.47 bits per heavy atom. The number of nitrogens with zero attached hydrogens (tertiary/aromatic N) is 1. The molecule has 2 saturated heterocycles. The number of hydrogen-bond acceptors (Lipinski definition) is 2. The summed E-state index contributed by atoms with van der Waals surface area (Å²) in [5.41, 5.74) is -0.294. The third-order valence-electron chi connectivity index (χ3n) is 3.64. The molecule has 0 saturated carbocycles. The smallest absolute Gasteiger partial charge is 0.308 e. The fourth-order valence-electron chi connectivity index (χ4n) is 2.75. The van der Waals surface area contributed by atoms with E-state index in [0.29, 0.717) is 13.0 Å². The quantitative estimate of drug-likeness (QED) is 0.706. The van der Waals surface area contributed by atoms with Gasteiger partial charge in [-0.3, -0.25) is 9.59 Å². The maximum absolute atomic E-state index is 12.0. The zero-order valence-corrected chi connectivity index (χ0v) is 9.19. The van der Waals surface area contributed by atoms with Crippen molar-refractivity contribution < 1.29 is 14.7 Å². The molecule has 2 aliphatic rings. The van der Waals surface area contributed by atoms with Gasteiger partial charge in [-0.25, -0.2) is 0 Å². The summed E-state index contributed by atoms with van der Waals surface area (Å²) < 4.78 is 0. The summed E-state index contributed by atoms with van der Waals surface area (Å²) in [4.78, 5) is 24.6. The van der Waals surface area contributed by atoms with Gasteiger partial charge in [-0.05, 0) is 19.3 Å². The fraction of sp³-hybridized carbons (Fsp3) is 0.818. The van der Waals surface area contributed by atoms with Crippen molar-refractivity contribution >= 4 is 11.9 Å². The number of carboxylic acid groups (broad SMARTS) is 1. The average Bonchev–Trinajstić information content (AvgIpc) is 2.37. The van der Waals surface area contributed by atoms with Crippen molar-refractivity contribution in [3.63, 3.8) is 0 Å². The van der Waals surface area contributed by atoms with Crippen LogP contribution < -0.4 is 0 Å². The third-order valence-corrected chi connectivity index (χ3v) is 3.64. The van der Waals surface area contributed by atoms with Crippen molar-refractivity contribution in [1.29, 1.82) is 0 Å². The molecule has 2 rings (SSSR count). The van der Waals surface area contributed by atoms with E-state index in [4.69, 9.17) is 5.11 Å². The van der Waals surface area contributed by atoms with Gasteiger partial charge in [-0.2, -0.15) is 0 Å². The lowest BCUT2D eigenvalue weighted by Gasteiger charge is -2.33. The van der Waals surface area contributed by atoms with E-state index in [9.17, 15) is 9.59 Å². The van der Waals surface area contributed by atoms with Crippen LogP contribution in [0.1, 0.15) is 33.1 Å². The van der Waals surface area contributed by atoms with E-state index in [1.54, 1.807) is 4.90 Å². The summed E-state index contributed by atoms with van der Waals surface area (Å²) in [6, 6.07) is 0.281. The first-order valence-corrected chi connectivity index (χ1v) is 5.46. The maximum Gasteiger partial charge on any atom is 0.308 e. The first-order valence-electron chi connectivity index (χ1n) is 5.46. The molecule has 0 unspecified atom stereocenters. The standard InChI is InChI=1S/C11H17NO3/c1-11(2)5-8-4-3-7(9(13)14)6-12(8)10(11)15/h7-8H,3-6H2,1-2H3,(H,13,14)/t7-,8-/m0/s1. The fourth-order valence-corrected chi connectivity index (χ4v) is 2.75. The van der Waals surface area contributed by atoms with Gasteiger partial charge in [-0.1, -0.05) is 13.8 Å². The van der Waals surface area contributed by atoms with E-state index in [0.717, 1.165) is 12.8 Å². The molecule has 0 radical (unpaired) electrons. The molecular formula is C11H17NO3. The normalized spacial score (nSPS) is 34.0. The molecule has 1 amide bonds. The molecule has 2 atom stereocenters. The molecule has 4 nitrogen and oxygen atoms in total. The second kappa shape index (κ2) is 3.22. The highest BCUT2D eigenvalue weighted by atomic mass is 16.4. The van der Waals surface area contributed by atoms with Crippen LogP contribution in [-0.2, 0) is 9.59 Å². The van der Waals surface area contributed by atoms with Crippen LogP contribution in [-0.4, -0.2) is 34.5 Å². The second-order valence-corrected chi connectivity index (χ2v) is 5.31. The summed E-state index contributed by atoms with van der Waals surface area (Å²) in [5, 5.41) is 8.94. The Bertz CT molecular complexity index is 311. The third kappa shape index (κ3) is 1.62. The number of carbonyl (C=O) groups excluding carboxylic acids is 1. The molecule has 0 aromatic carbocycles. The first kappa shape index (κ1) is 10.5. The van der Waals surface area contributed by atoms with E-state index in [-0.39, 0.29) is 23.3 Å². The molecule has 0 bridgehead atoms. The van der Waals surface area contributed by atoms with Gasteiger partial charge in [0.25, 0.3) is 0 Å². The number of rotatable bonds is 1. The maximum atomic E-state index is 12.0. The van der Waals surface area contributed by atoms with Crippen LogP contribution in [0.3, 0.4) is 0 Å². The molecule has 0 aromatic heterocycles. The number of fused-ring (bicyclic) bond motifs is 1. The molecule has 0 aliphatic carbocycles. The van der Waals surface area contributed by atoms with E-state index in [1.165, 1.54) is 0 Å². The summed E-state index contributed by atoms with van der Waals surface area (Å²) in [5.74, 6) is -1.01. The molecule has 2 fully saturated rings. The van der Waals surface area contributed by atoms with Crippen molar-refractivity contribution in [2.45, 2.75) is 39.2 Å². The highest BCUT2D eigenvalue weighted by molar-refractivity contribution is 5.85. The van der Waals surface area contributed by atoms with Crippen LogP contribution in [0.5, 0.6) is 0 Å². The van der Waals surface area contributed by atoms with Crippen LogP contribution in [0.25, 0.3) is 0 Å². The minimum absolute atomic E-state index is 0.124. The first-order chi connectivity index (χ1) is 6.92. The molecule has 1 N–H and O–H groups in total. The van der Waals surface area contributed by atoms with Crippen molar-refractivity contribution in [3.05, 3.63) is 0 Å². The molecule has 0 aromatic rings. The highest BCUT2D eigenvalue weighted by Gasteiger charge is 2.48. The van der Waals surface area contributed by atoms with E-state index >= 15 is 0 Å². The Hall–Kier alpha value is -1.06. The predicted molar refractivity (Wildman–Crippen MR) is 54.3 cm³/mol. The highest BCUT2D eigenvalue weighted by Crippen LogP contribution is 2.40. The lowest BCUT2D eigenvalue weighted by Crippen LogP contribution is -2.44. The zero-order chi connectivity index (χ0) is 11.2. The predicted octanol–water partition coefficient (Wildman–Crippen LogP) is 1.11. The van der Waals surface area contributed by atoms with Gasteiger partial charge in [0.1, 0.15) is 0 Å². The molecule has 2 aliphatic heterocycles. The van der Waals surface area contributed by atoms with Crippen molar-refractivity contribution in [1.82, 2.24) is 4.90 Å². The lowest BCUT2D eigenvalue weighted by atomic mass is 9.87. The number of amides is 1. The Morgan fingerprint density at radius 2 is 2.13 bits per heavy atom. The molecule has 15 heavy (non-hydrogen) atoms. The Morgan fingerprint density at radius 3 is 2.73 bits per heavy atom. The molecule has 0 spiro atoms. The topological polar surface area (TPSA) is 57.6 Å². The van der Waals surface area contributed by atoms with Crippen molar-refractivity contribution in [2.75, 3.05) is 6.54 Å². The number of aliphatic carboxylic acids is 1. The molecule has 2 heterocycles. The van der Waals surface area contributed by atoms with E-state index < -0.39 is 5.97 Å². The summed E-state index contributed by atoms with van der Waals surface area (Å²) in [7, 11) is 0. The Kier molecular flexibility index (Phi) is 2.24. The minimum atomic E-state index is -0.772. The van der Waals surface area contributed by atoms with Crippen LogP contribution >= 0.6 is 0 Å². The van der Waals surface area contributed by atoms with Crippen molar-refractivity contribution in [2.24, 2.45) is 11.3 Å². The van der Waals surface area contributed by atoms with Crippen LogP contribution in [0.15, 0.2) is 0 Å². The Balaban J connectivity index is 2.14. The largest absolute Gasteiger partial charge is 0.481 e. The van der Waals surface area contributed by atoms with Crippen LogP contribution in [0.4, 0.5) is 0 Å². The van der Waals surface area contributed by atoms with Gasteiger partial charge in [0.15, 0.2) is 0 Å². The van der Waals surface area contributed by atoms with E-state index in [2.05, 4.69) is 0 Å². The number of carboxylic acids is 1. The summed E-state index contributed by atoms with van der Waals surface area (Å²) in [6.45, 7) is 4.30. The zero-order valence-electron chi connectivity index (χ0n) is 9.19. The Labute approximate surface area is 89.3 Å². The lowest BCUT2D eigenvalue weighted by molar-refractivity contribution is -0.146. The van der Waals surface area contributed by atoms with Gasteiger partial charge in [0.2, 0.25) is 5.91 Å². The molecule has 4 heteroatoms. The van der Waals surface area contributed by atoms with Gasteiger partial charge in [0, 0.05) is 18.0 Å². The number of piperidine rings is 1. The molecule has 84 valence electrons.